The number of nitrogens with zero attached hydrogens (tertiary/aromatic N) is 1. The van der Waals surface area contributed by atoms with Crippen molar-refractivity contribution in [3.8, 4) is 0 Å². The first kappa shape index (κ1) is 8.72. The molecule has 0 aliphatic carbocycles. The zero-order valence-corrected chi connectivity index (χ0v) is 7.05. The Bertz CT molecular complexity index is 405. The molecule has 0 saturated carbocycles. The van der Waals surface area contributed by atoms with Crippen molar-refractivity contribution in [1.82, 2.24) is 10.2 Å². The van der Waals surface area contributed by atoms with Gasteiger partial charge in [0, 0.05) is 12.3 Å². The Kier molecular flexibility index (Phi) is 1.89. The van der Waals surface area contributed by atoms with E-state index in [1.807, 2.05) is 0 Å². The average Bonchev–Trinajstić information content (AvgIpc) is 2.32. The third kappa shape index (κ3) is 1.62. The zero-order chi connectivity index (χ0) is 9.35. The average molecular weight is 189 g/mol. The van der Waals surface area contributed by atoms with Gasteiger partial charge in [0.1, 0.15) is 11.5 Å². The van der Waals surface area contributed by atoms with Gasteiger partial charge in [-0.3, -0.25) is 9.89 Å². The molecule has 0 fully saturated rings. The molecule has 66 valence electrons. The molecule has 0 saturated heterocycles. The maximum Gasteiger partial charge on any atom is 0.294 e. The van der Waals surface area contributed by atoms with Gasteiger partial charge < -0.3 is 5.73 Å². The normalized spacial score (nSPS) is 11.4. The molecule has 0 unspecified atom stereocenters. The monoisotopic (exact) mass is 189 g/mol. The Morgan fingerprint density at radius 1 is 1.67 bits per heavy atom. The molecule has 0 amide bonds. The fourth-order valence-corrected chi connectivity index (χ4v) is 1.15. The molecule has 0 aliphatic rings. The summed E-state index contributed by atoms with van der Waals surface area (Å²) in [6, 6.07) is 1.17. The summed E-state index contributed by atoms with van der Waals surface area (Å²) < 4.78 is 21.4. The van der Waals surface area contributed by atoms with E-state index in [2.05, 4.69) is 10.2 Å². The summed E-state index contributed by atoms with van der Waals surface area (Å²) in [4.78, 5) is 11.0. The van der Waals surface area contributed by atoms with Gasteiger partial charge in [-0.2, -0.15) is 5.10 Å². The lowest BCUT2D eigenvalue weighted by Crippen LogP contribution is -2.12. The molecule has 0 bridgehead atoms. The van der Waals surface area contributed by atoms with Crippen molar-refractivity contribution in [2.45, 2.75) is 0 Å². The number of H-pyrrole nitrogens is 1. The molecular weight excluding hydrogens is 182 g/mol. The largest absolute Gasteiger partial charge is 0.382 e. The smallest absolute Gasteiger partial charge is 0.294 e. The molecule has 7 heteroatoms. The van der Waals surface area contributed by atoms with Crippen LogP contribution in [0.25, 0.3) is 0 Å². The van der Waals surface area contributed by atoms with Crippen LogP contribution in [0.4, 0.5) is 5.82 Å². The molecule has 6 nitrogen and oxygen atoms in total. The Morgan fingerprint density at radius 3 is 2.58 bits per heavy atom. The second kappa shape index (κ2) is 2.59. The molecular formula is C5H7N3O3S. The van der Waals surface area contributed by atoms with Crippen LogP contribution in [0.2, 0.25) is 0 Å². The Balaban J connectivity index is 3.10. The van der Waals surface area contributed by atoms with Gasteiger partial charge in [-0.05, 0) is 0 Å². The highest BCUT2D eigenvalue weighted by atomic mass is 32.2. The van der Waals surface area contributed by atoms with Gasteiger partial charge in [0.2, 0.25) is 9.84 Å². The lowest BCUT2D eigenvalue weighted by atomic mass is 10.5. The zero-order valence-electron chi connectivity index (χ0n) is 6.23. The second-order valence-electron chi connectivity index (χ2n) is 2.27. The van der Waals surface area contributed by atoms with Gasteiger partial charge >= 0.3 is 0 Å². The first-order chi connectivity index (χ1) is 5.41. The fourth-order valence-electron chi connectivity index (χ4n) is 0.642. The number of aromatic nitrogens is 2. The molecule has 1 aromatic heterocycles. The summed E-state index contributed by atoms with van der Waals surface area (Å²) in [5.41, 5.74) is 5.05. The maximum absolute atomic E-state index is 11.0. The van der Waals surface area contributed by atoms with Crippen molar-refractivity contribution >= 4 is 20.8 Å². The van der Waals surface area contributed by atoms with Crippen molar-refractivity contribution in [2.24, 2.45) is 0 Å². The highest BCUT2D eigenvalue weighted by Crippen LogP contribution is 2.04. The van der Waals surface area contributed by atoms with E-state index in [1.54, 1.807) is 0 Å². The van der Waals surface area contributed by atoms with E-state index in [0.29, 0.717) is 0 Å². The lowest BCUT2D eigenvalue weighted by molar-refractivity contribution is 0.107. The number of carbonyl (C=O) groups excluding carboxylic acids is 1. The number of carbonyl (C=O) groups is 1. The van der Waals surface area contributed by atoms with Gasteiger partial charge in [0.15, 0.2) is 0 Å². The predicted molar refractivity (Wildman–Crippen MR) is 42.2 cm³/mol. The Labute approximate surface area is 68.7 Å². The quantitative estimate of drug-likeness (QED) is 0.600. The van der Waals surface area contributed by atoms with E-state index in [-0.39, 0.29) is 11.5 Å². The Morgan fingerprint density at radius 2 is 2.25 bits per heavy atom. The van der Waals surface area contributed by atoms with Crippen molar-refractivity contribution in [1.29, 1.82) is 0 Å². The van der Waals surface area contributed by atoms with Gasteiger partial charge in [-0.15, -0.1) is 0 Å². The minimum absolute atomic E-state index is 0.0852. The summed E-state index contributed by atoms with van der Waals surface area (Å²) in [5.74, 6) is 0.0852. The van der Waals surface area contributed by atoms with E-state index < -0.39 is 15.0 Å². The number of nitrogens with two attached hydrogens (primary N) is 1. The number of hydrogen-bond acceptors (Lipinski definition) is 5. The van der Waals surface area contributed by atoms with Gasteiger partial charge in [0.25, 0.3) is 5.12 Å². The molecule has 0 radical (unpaired) electrons. The molecule has 1 heterocycles. The number of hydrogen-bond donors (Lipinski definition) is 2. The number of sulfone groups is 1. The number of nitrogens with one attached hydrogen (secondary N) is 1. The van der Waals surface area contributed by atoms with Gasteiger partial charge in [-0.25, -0.2) is 8.42 Å². The molecule has 0 aromatic carbocycles. The second-order valence-corrected chi connectivity index (χ2v) is 4.18. The predicted octanol–water partition coefficient (Wildman–Crippen LogP) is -0.823. The topological polar surface area (TPSA) is 106 Å². The van der Waals surface area contributed by atoms with Crippen LogP contribution < -0.4 is 5.73 Å². The minimum atomic E-state index is -3.71. The van der Waals surface area contributed by atoms with Crippen LogP contribution >= 0.6 is 0 Å². The van der Waals surface area contributed by atoms with E-state index in [9.17, 15) is 13.2 Å². The summed E-state index contributed by atoms with van der Waals surface area (Å²) in [7, 11) is -3.71. The first-order valence-electron chi connectivity index (χ1n) is 2.96. The lowest BCUT2D eigenvalue weighted by Gasteiger charge is -1.90. The highest BCUT2D eigenvalue weighted by molar-refractivity contribution is 8.06. The maximum atomic E-state index is 11.0. The summed E-state index contributed by atoms with van der Waals surface area (Å²) in [5, 5.41) is 4.62. The van der Waals surface area contributed by atoms with Crippen LogP contribution in [0, 0.1) is 0 Å². The molecule has 3 N–H and O–H groups in total. The first-order valence-corrected chi connectivity index (χ1v) is 4.85. The summed E-state index contributed by atoms with van der Waals surface area (Å²) in [6.07, 6.45) is 0.826. The molecule has 1 aromatic rings. The van der Waals surface area contributed by atoms with Crippen LogP contribution in [-0.2, 0) is 9.84 Å². The fraction of sp³-hybridized carbons (Fsp3) is 0.200. The Hall–Kier alpha value is -1.37. The van der Waals surface area contributed by atoms with Crippen LogP contribution in [0.1, 0.15) is 10.5 Å². The van der Waals surface area contributed by atoms with E-state index in [1.165, 1.54) is 6.07 Å². The summed E-state index contributed by atoms with van der Waals surface area (Å²) >= 11 is 0. The standard InChI is InChI=1S/C5H7N3O3S/c1-12(10,11)5(9)3-2-4(6)8-7-3/h2H,1H3,(H3,6,7,8). The van der Waals surface area contributed by atoms with Crippen LogP contribution in [0.3, 0.4) is 0 Å². The number of aromatic amines is 1. The number of nitrogen functional groups attached to an aromatic ring is 1. The number of rotatable bonds is 1. The van der Waals surface area contributed by atoms with Crippen molar-refractivity contribution in [3.05, 3.63) is 11.8 Å². The summed E-state index contributed by atoms with van der Waals surface area (Å²) in [6.45, 7) is 0. The third-order valence-corrected chi connectivity index (χ3v) is 2.05. The van der Waals surface area contributed by atoms with Crippen molar-refractivity contribution in [3.63, 3.8) is 0 Å². The van der Waals surface area contributed by atoms with Gasteiger partial charge in [-0.1, -0.05) is 0 Å². The minimum Gasteiger partial charge on any atom is -0.382 e. The van der Waals surface area contributed by atoms with Crippen LogP contribution in [-0.4, -0.2) is 30.0 Å². The van der Waals surface area contributed by atoms with Crippen LogP contribution in [0.5, 0.6) is 0 Å². The number of anilines is 1. The SMILES string of the molecule is CS(=O)(=O)C(=O)c1cc(N)n[nH]1. The van der Waals surface area contributed by atoms with E-state index >= 15 is 0 Å². The molecule has 0 spiro atoms. The molecule has 0 atom stereocenters. The highest BCUT2D eigenvalue weighted by Gasteiger charge is 2.19. The molecule has 1 rings (SSSR count). The van der Waals surface area contributed by atoms with Gasteiger partial charge in [0.05, 0.1) is 0 Å². The molecule has 12 heavy (non-hydrogen) atoms. The van der Waals surface area contributed by atoms with E-state index in [0.717, 1.165) is 6.26 Å². The molecule has 0 aliphatic heterocycles. The van der Waals surface area contributed by atoms with E-state index in [4.69, 9.17) is 5.73 Å². The van der Waals surface area contributed by atoms with Crippen molar-refractivity contribution < 1.29 is 13.2 Å². The van der Waals surface area contributed by atoms with Crippen LogP contribution in [0.15, 0.2) is 6.07 Å². The third-order valence-electron chi connectivity index (χ3n) is 1.15. The van der Waals surface area contributed by atoms with Crippen molar-refractivity contribution in [2.75, 3.05) is 12.0 Å².